The average Bonchev–Trinajstić information content (AvgIpc) is 3.15. The molecule has 10 heteroatoms. The molecule has 8 nitrogen and oxygen atoms in total. The Labute approximate surface area is 205 Å². The molecule has 3 unspecified atom stereocenters. The maximum atomic E-state index is 13.1. The summed E-state index contributed by atoms with van der Waals surface area (Å²) in [4.78, 5) is 27.8. The van der Waals surface area contributed by atoms with Crippen molar-refractivity contribution in [2.45, 2.75) is 45.1 Å². The van der Waals surface area contributed by atoms with Crippen LogP contribution in [0.15, 0.2) is 29.2 Å². The van der Waals surface area contributed by atoms with Gasteiger partial charge in [-0.15, -0.1) is 11.3 Å². The largest absolute Gasteiger partial charge is 0.365 e. The fourth-order valence-corrected chi connectivity index (χ4v) is 8.09. The smallest absolute Gasteiger partial charge is 0.256 e. The molecule has 1 aromatic heterocycles. The second-order valence-corrected chi connectivity index (χ2v) is 12.6. The molecule has 3 heterocycles. The van der Waals surface area contributed by atoms with E-state index in [2.05, 4.69) is 26.1 Å². The summed E-state index contributed by atoms with van der Waals surface area (Å²) in [5, 5.41) is 3.31. The first-order valence-corrected chi connectivity index (χ1v) is 14.0. The Morgan fingerprint density at radius 1 is 1.18 bits per heavy atom. The van der Waals surface area contributed by atoms with E-state index in [9.17, 15) is 18.0 Å². The molecule has 1 aromatic carbocycles. The Hall–Kier alpha value is -2.27. The van der Waals surface area contributed by atoms with Crippen molar-refractivity contribution in [3.8, 4) is 0 Å². The van der Waals surface area contributed by atoms with Crippen molar-refractivity contribution in [2.24, 2.45) is 17.6 Å². The van der Waals surface area contributed by atoms with E-state index in [1.165, 1.54) is 44.8 Å². The van der Waals surface area contributed by atoms with Crippen LogP contribution >= 0.6 is 11.3 Å². The summed E-state index contributed by atoms with van der Waals surface area (Å²) in [6.07, 6.45) is 1.77. The molecule has 34 heavy (non-hydrogen) atoms. The van der Waals surface area contributed by atoms with E-state index >= 15 is 0 Å². The SMILES string of the molecule is CC[NH+]1CCc2c(sc(NC(=O)c3ccc(S(=O)(=O)N4CC(C)CC(C)C4)cc3)c2C(N)=O)C1. The highest BCUT2D eigenvalue weighted by Gasteiger charge is 2.32. The Morgan fingerprint density at radius 3 is 2.41 bits per heavy atom. The second-order valence-electron chi connectivity index (χ2n) is 9.60. The number of nitrogens with one attached hydrogen (secondary N) is 2. The molecule has 4 rings (SSSR count). The van der Waals surface area contributed by atoms with Gasteiger partial charge < -0.3 is 16.0 Å². The predicted octanol–water partition coefficient (Wildman–Crippen LogP) is 1.73. The first kappa shape index (κ1) is 24.8. The van der Waals surface area contributed by atoms with Gasteiger partial charge in [-0.3, -0.25) is 9.59 Å². The number of hydrogen-bond acceptors (Lipinski definition) is 5. The number of nitrogens with two attached hydrogens (primary N) is 1. The minimum absolute atomic E-state index is 0.178. The number of rotatable bonds is 6. The van der Waals surface area contributed by atoms with Crippen LogP contribution in [-0.4, -0.2) is 50.7 Å². The third-order valence-corrected chi connectivity index (χ3v) is 9.79. The monoisotopic (exact) mass is 505 g/mol. The van der Waals surface area contributed by atoms with Gasteiger partial charge in [0.05, 0.1) is 28.4 Å². The molecule has 0 radical (unpaired) electrons. The van der Waals surface area contributed by atoms with Gasteiger partial charge >= 0.3 is 0 Å². The van der Waals surface area contributed by atoms with Crippen molar-refractivity contribution in [1.29, 1.82) is 0 Å². The molecule has 1 fully saturated rings. The lowest BCUT2D eigenvalue weighted by Crippen LogP contribution is -3.11. The molecule has 4 N–H and O–H groups in total. The number of amides is 2. The number of likely N-dealkylation sites (N-methyl/N-ethyl adjacent to an activating group) is 1. The fourth-order valence-electron chi connectivity index (χ4n) is 5.09. The number of benzene rings is 1. The summed E-state index contributed by atoms with van der Waals surface area (Å²) in [7, 11) is -3.62. The molecule has 2 amide bonds. The standard InChI is InChI=1S/C24H32N4O4S2/c1-4-27-10-9-19-20(14-27)33-24(21(19)22(25)29)26-23(30)17-5-7-18(8-6-17)34(31,32)28-12-15(2)11-16(3)13-28/h5-8,15-16H,4,9-14H2,1-3H3,(H2,25,29)(H,26,30)/p+1. The first-order valence-electron chi connectivity index (χ1n) is 11.8. The van der Waals surface area contributed by atoms with E-state index < -0.39 is 21.8 Å². The van der Waals surface area contributed by atoms with Crippen molar-refractivity contribution in [1.82, 2.24) is 4.31 Å². The summed E-state index contributed by atoms with van der Waals surface area (Å²) in [5.74, 6) is -0.319. The highest BCUT2D eigenvalue weighted by molar-refractivity contribution is 7.89. The van der Waals surface area contributed by atoms with Crippen molar-refractivity contribution in [3.63, 3.8) is 0 Å². The van der Waals surface area contributed by atoms with E-state index in [0.717, 1.165) is 42.9 Å². The zero-order valence-corrected chi connectivity index (χ0v) is 21.5. The van der Waals surface area contributed by atoms with Gasteiger partial charge in [0, 0.05) is 25.1 Å². The normalized spacial score (nSPS) is 23.3. The van der Waals surface area contributed by atoms with Crippen LogP contribution in [0.3, 0.4) is 0 Å². The van der Waals surface area contributed by atoms with Crippen LogP contribution in [-0.2, 0) is 23.0 Å². The van der Waals surface area contributed by atoms with E-state index in [4.69, 9.17) is 5.73 Å². The van der Waals surface area contributed by atoms with Gasteiger partial charge in [0.2, 0.25) is 10.0 Å². The lowest BCUT2D eigenvalue weighted by atomic mass is 9.94. The number of thiophene rings is 1. The average molecular weight is 506 g/mol. The van der Waals surface area contributed by atoms with Crippen LogP contribution in [0.2, 0.25) is 0 Å². The highest BCUT2D eigenvalue weighted by Crippen LogP contribution is 2.35. The van der Waals surface area contributed by atoms with Crippen LogP contribution in [0, 0.1) is 11.8 Å². The van der Waals surface area contributed by atoms with Crippen LogP contribution in [0.5, 0.6) is 0 Å². The Balaban J connectivity index is 1.53. The zero-order valence-electron chi connectivity index (χ0n) is 19.9. The van der Waals surface area contributed by atoms with E-state index in [1.807, 2.05) is 0 Å². The van der Waals surface area contributed by atoms with E-state index in [-0.39, 0.29) is 4.90 Å². The maximum Gasteiger partial charge on any atom is 0.256 e. The molecule has 2 aliphatic rings. The van der Waals surface area contributed by atoms with Gasteiger partial charge in [-0.05, 0) is 55.0 Å². The summed E-state index contributed by atoms with van der Waals surface area (Å²) in [6, 6.07) is 5.98. The number of piperidine rings is 1. The molecular formula is C24H33N4O4S2+. The number of nitrogens with zero attached hydrogens (tertiary/aromatic N) is 1. The van der Waals surface area contributed by atoms with Crippen molar-refractivity contribution < 1.29 is 22.9 Å². The van der Waals surface area contributed by atoms with Crippen molar-refractivity contribution >= 4 is 38.2 Å². The van der Waals surface area contributed by atoms with E-state index in [1.54, 1.807) is 0 Å². The number of carbonyl (C=O) groups excluding carboxylic acids is 2. The van der Waals surface area contributed by atoms with Gasteiger partial charge in [0.15, 0.2) is 0 Å². The van der Waals surface area contributed by atoms with Gasteiger partial charge in [-0.25, -0.2) is 8.42 Å². The zero-order chi connectivity index (χ0) is 24.6. The topological polar surface area (TPSA) is 114 Å². The fraction of sp³-hybridized carbons (Fsp3) is 0.500. The summed E-state index contributed by atoms with van der Waals surface area (Å²) >= 11 is 1.40. The molecule has 1 saturated heterocycles. The van der Waals surface area contributed by atoms with Crippen molar-refractivity contribution in [3.05, 3.63) is 45.8 Å². The molecule has 0 spiro atoms. The first-order chi connectivity index (χ1) is 16.1. The van der Waals surface area contributed by atoms with Crippen LogP contribution in [0.1, 0.15) is 58.3 Å². The number of hydrogen-bond donors (Lipinski definition) is 3. The maximum absolute atomic E-state index is 13.1. The predicted molar refractivity (Wildman–Crippen MR) is 133 cm³/mol. The van der Waals surface area contributed by atoms with E-state index in [0.29, 0.717) is 41.1 Å². The van der Waals surface area contributed by atoms with Crippen LogP contribution in [0.25, 0.3) is 0 Å². The van der Waals surface area contributed by atoms with Crippen LogP contribution in [0.4, 0.5) is 5.00 Å². The number of primary amides is 1. The lowest BCUT2D eigenvalue weighted by molar-refractivity contribution is -0.913. The number of carbonyl (C=O) groups is 2. The summed E-state index contributed by atoms with van der Waals surface area (Å²) in [6.45, 7) is 10.0. The molecule has 0 saturated carbocycles. The summed E-state index contributed by atoms with van der Waals surface area (Å²) in [5.41, 5.74) is 7.32. The molecule has 2 aliphatic heterocycles. The Morgan fingerprint density at radius 2 is 1.82 bits per heavy atom. The summed E-state index contributed by atoms with van der Waals surface area (Å²) < 4.78 is 27.8. The van der Waals surface area contributed by atoms with Crippen molar-refractivity contribution in [2.75, 3.05) is 31.5 Å². The Kier molecular flexibility index (Phi) is 7.14. The van der Waals surface area contributed by atoms with Gasteiger partial charge in [-0.1, -0.05) is 13.8 Å². The minimum atomic E-state index is -3.62. The second kappa shape index (κ2) is 9.77. The van der Waals surface area contributed by atoms with Crippen LogP contribution < -0.4 is 16.0 Å². The molecule has 184 valence electrons. The van der Waals surface area contributed by atoms with Gasteiger partial charge in [-0.2, -0.15) is 4.31 Å². The highest BCUT2D eigenvalue weighted by atomic mass is 32.2. The quantitative estimate of drug-likeness (QED) is 0.555. The molecule has 0 bridgehead atoms. The van der Waals surface area contributed by atoms with Gasteiger partial charge in [0.1, 0.15) is 11.5 Å². The minimum Gasteiger partial charge on any atom is -0.365 e. The van der Waals surface area contributed by atoms with Gasteiger partial charge in [0.25, 0.3) is 11.8 Å². The molecular weight excluding hydrogens is 472 g/mol. The molecule has 3 atom stereocenters. The molecule has 0 aliphatic carbocycles. The number of anilines is 1. The number of fused-ring (bicyclic) bond motifs is 1. The lowest BCUT2D eigenvalue weighted by Gasteiger charge is -2.34. The molecule has 2 aromatic rings. The number of sulfonamides is 1. The third kappa shape index (κ3) is 4.91. The number of quaternary nitrogens is 1. The Bertz CT molecular complexity index is 1180. The third-order valence-electron chi connectivity index (χ3n) is 6.79.